The molecule has 5 N–H and O–H groups in total. The number of nitrogens with zero attached hydrogens (tertiary/aromatic N) is 5. The highest BCUT2D eigenvalue weighted by atomic mass is 16.5. The molecule has 4 atom stereocenters. The number of aromatic nitrogens is 5. The Balaban J connectivity index is 1.06. The SMILES string of the molecule is CC(C)N(C[C@H]1O[C@@H](c2ccc3c(N)ncnn23)[C@H](O)[C@@H]1O)[C@H]1C[C@H](CCc2nc3cc(C(C)(C)C)ccc3[nH]2)C1. The normalized spacial score (nSPS) is 27.0. The average molecular weight is 562 g/mol. The van der Waals surface area contributed by atoms with Crippen LogP contribution in [0.4, 0.5) is 5.82 Å². The third-order valence-electron chi connectivity index (χ3n) is 9.09. The van der Waals surface area contributed by atoms with E-state index in [-0.39, 0.29) is 5.41 Å². The van der Waals surface area contributed by atoms with Crippen molar-refractivity contribution in [3.05, 3.63) is 53.7 Å². The molecule has 0 amide bonds. The minimum Gasteiger partial charge on any atom is -0.388 e. The topological polar surface area (TPSA) is 138 Å². The lowest BCUT2D eigenvalue weighted by Gasteiger charge is -2.46. The number of aryl methyl sites for hydroxylation is 1. The predicted octanol–water partition coefficient (Wildman–Crippen LogP) is 3.77. The quantitative estimate of drug-likeness (QED) is 0.255. The fraction of sp³-hybridized carbons (Fsp3) is 0.581. The van der Waals surface area contributed by atoms with Crippen molar-refractivity contribution in [2.75, 3.05) is 12.3 Å². The Morgan fingerprint density at radius 3 is 2.66 bits per heavy atom. The number of rotatable bonds is 8. The van der Waals surface area contributed by atoms with Crippen molar-refractivity contribution in [3.63, 3.8) is 0 Å². The van der Waals surface area contributed by atoms with E-state index in [0.717, 1.165) is 42.5 Å². The molecule has 1 aliphatic heterocycles. The zero-order chi connectivity index (χ0) is 29.1. The van der Waals surface area contributed by atoms with Crippen LogP contribution in [-0.2, 0) is 16.6 Å². The first kappa shape index (κ1) is 28.1. The second kappa shape index (κ2) is 10.7. The number of ether oxygens (including phenoxy) is 1. The summed E-state index contributed by atoms with van der Waals surface area (Å²) in [6.07, 6.45) is 2.40. The molecule has 6 rings (SSSR count). The van der Waals surface area contributed by atoms with Crippen LogP contribution in [0.2, 0.25) is 0 Å². The molecule has 0 spiro atoms. The molecule has 10 heteroatoms. The number of aromatic amines is 1. The molecule has 10 nitrogen and oxygen atoms in total. The van der Waals surface area contributed by atoms with Crippen LogP contribution in [0.15, 0.2) is 36.7 Å². The van der Waals surface area contributed by atoms with Crippen molar-refractivity contribution in [2.45, 2.75) is 102 Å². The molecule has 0 radical (unpaired) electrons. The molecule has 1 aliphatic carbocycles. The first-order valence-electron chi connectivity index (χ1n) is 14.8. The van der Waals surface area contributed by atoms with Gasteiger partial charge in [0.2, 0.25) is 0 Å². The molecule has 0 bridgehead atoms. The summed E-state index contributed by atoms with van der Waals surface area (Å²) in [5.74, 6) is 2.06. The third-order valence-corrected chi connectivity index (χ3v) is 9.09. The van der Waals surface area contributed by atoms with E-state index in [0.29, 0.717) is 41.6 Å². The number of nitrogens with two attached hydrogens (primary N) is 1. The second-order valence-corrected chi connectivity index (χ2v) is 13.3. The number of nitrogens with one attached hydrogen (secondary N) is 1. The first-order chi connectivity index (χ1) is 19.5. The zero-order valence-electron chi connectivity index (χ0n) is 24.7. The maximum atomic E-state index is 11.0. The summed E-state index contributed by atoms with van der Waals surface area (Å²) < 4.78 is 7.92. The molecule has 1 aromatic carbocycles. The Kier molecular flexibility index (Phi) is 7.30. The smallest absolute Gasteiger partial charge is 0.151 e. The van der Waals surface area contributed by atoms with Gasteiger partial charge in [0.15, 0.2) is 5.82 Å². The number of hydrogen-bond donors (Lipinski definition) is 4. The van der Waals surface area contributed by atoms with Gasteiger partial charge in [-0.2, -0.15) is 5.10 Å². The van der Waals surface area contributed by atoms with E-state index >= 15 is 0 Å². The van der Waals surface area contributed by atoms with Gasteiger partial charge in [-0.15, -0.1) is 0 Å². The Labute approximate surface area is 240 Å². The van der Waals surface area contributed by atoms with Gasteiger partial charge >= 0.3 is 0 Å². The molecule has 0 unspecified atom stereocenters. The highest BCUT2D eigenvalue weighted by molar-refractivity contribution is 5.76. The van der Waals surface area contributed by atoms with Gasteiger partial charge in [-0.1, -0.05) is 26.8 Å². The first-order valence-corrected chi connectivity index (χ1v) is 14.8. The van der Waals surface area contributed by atoms with Gasteiger partial charge < -0.3 is 25.7 Å². The van der Waals surface area contributed by atoms with E-state index in [1.807, 2.05) is 12.1 Å². The van der Waals surface area contributed by atoms with E-state index in [9.17, 15) is 10.2 Å². The van der Waals surface area contributed by atoms with E-state index in [4.69, 9.17) is 15.5 Å². The number of aliphatic hydroxyl groups excluding tert-OH is 2. The lowest BCUT2D eigenvalue weighted by molar-refractivity contribution is -0.0445. The number of hydrogen-bond acceptors (Lipinski definition) is 8. The largest absolute Gasteiger partial charge is 0.388 e. The third kappa shape index (κ3) is 5.34. The van der Waals surface area contributed by atoms with Crippen LogP contribution in [0.1, 0.15) is 77.1 Å². The summed E-state index contributed by atoms with van der Waals surface area (Å²) in [5, 5.41) is 26.2. The number of fused-ring (bicyclic) bond motifs is 2. The van der Waals surface area contributed by atoms with Crippen molar-refractivity contribution in [2.24, 2.45) is 5.92 Å². The van der Waals surface area contributed by atoms with Crippen LogP contribution in [0.3, 0.4) is 0 Å². The molecule has 41 heavy (non-hydrogen) atoms. The summed E-state index contributed by atoms with van der Waals surface area (Å²) in [7, 11) is 0. The van der Waals surface area contributed by atoms with Crippen LogP contribution in [0.25, 0.3) is 16.6 Å². The van der Waals surface area contributed by atoms with Crippen LogP contribution in [0.5, 0.6) is 0 Å². The van der Waals surface area contributed by atoms with Crippen LogP contribution in [-0.4, -0.2) is 76.6 Å². The van der Waals surface area contributed by atoms with Gasteiger partial charge in [-0.25, -0.2) is 14.5 Å². The molecule has 1 saturated carbocycles. The number of nitrogen functional groups attached to an aromatic ring is 1. The average Bonchev–Trinajstić information content (AvgIpc) is 3.58. The minimum atomic E-state index is -1.05. The Morgan fingerprint density at radius 1 is 1.15 bits per heavy atom. The lowest BCUT2D eigenvalue weighted by Crippen LogP contribution is -2.52. The summed E-state index contributed by atoms with van der Waals surface area (Å²) in [6, 6.07) is 10.9. The van der Waals surface area contributed by atoms with Crippen molar-refractivity contribution < 1.29 is 14.9 Å². The fourth-order valence-corrected chi connectivity index (χ4v) is 6.51. The van der Waals surface area contributed by atoms with E-state index < -0.39 is 24.4 Å². The Bertz CT molecular complexity index is 1520. The molecular weight excluding hydrogens is 518 g/mol. The fourth-order valence-electron chi connectivity index (χ4n) is 6.51. The molecule has 2 fully saturated rings. The van der Waals surface area contributed by atoms with Gasteiger partial charge in [-0.05, 0) is 74.3 Å². The number of benzene rings is 1. The standard InChI is InChI=1S/C31H43N7O3/c1-17(2)37(15-25-27(39)28(40)29(41-25)23-9-10-24-30(32)33-16-34-38(23)24)20-12-18(13-20)6-11-26-35-21-8-7-19(31(3,4)5)14-22(21)36-26/h7-10,14,16-18,20,25,27-29,39-40H,6,11-13,15H2,1-5H3,(H,35,36)(H2,32,33,34)/t18-,20-,25-,27-,28-,29+/m1/s1. The van der Waals surface area contributed by atoms with E-state index in [1.165, 1.54) is 11.9 Å². The van der Waals surface area contributed by atoms with Crippen molar-refractivity contribution in [1.82, 2.24) is 29.5 Å². The van der Waals surface area contributed by atoms with Gasteiger partial charge in [-0.3, -0.25) is 4.90 Å². The van der Waals surface area contributed by atoms with Gasteiger partial charge in [0.25, 0.3) is 0 Å². The highest BCUT2D eigenvalue weighted by Crippen LogP contribution is 2.39. The van der Waals surface area contributed by atoms with Crippen molar-refractivity contribution in [3.8, 4) is 0 Å². The van der Waals surface area contributed by atoms with Crippen LogP contribution in [0, 0.1) is 5.92 Å². The summed E-state index contributed by atoms with van der Waals surface area (Å²) >= 11 is 0. The Morgan fingerprint density at radius 2 is 1.93 bits per heavy atom. The number of imidazole rings is 1. The predicted molar refractivity (Wildman–Crippen MR) is 158 cm³/mol. The summed E-state index contributed by atoms with van der Waals surface area (Å²) in [5.41, 5.74) is 10.8. The minimum absolute atomic E-state index is 0.107. The monoisotopic (exact) mass is 561 g/mol. The molecule has 4 aromatic rings. The zero-order valence-corrected chi connectivity index (χ0v) is 24.7. The summed E-state index contributed by atoms with van der Waals surface area (Å²) in [6.45, 7) is 11.6. The van der Waals surface area contributed by atoms with Gasteiger partial charge in [0.1, 0.15) is 36.0 Å². The van der Waals surface area contributed by atoms with Gasteiger partial charge in [0, 0.05) is 25.0 Å². The number of aliphatic hydroxyl groups is 2. The van der Waals surface area contributed by atoms with Gasteiger partial charge in [0.05, 0.1) is 22.8 Å². The van der Waals surface area contributed by atoms with Crippen molar-refractivity contribution >= 4 is 22.4 Å². The second-order valence-electron chi connectivity index (χ2n) is 13.3. The maximum absolute atomic E-state index is 11.0. The number of H-pyrrole nitrogens is 1. The maximum Gasteiger partial charge on any atom is 0.151 e. The molecule has 3 aromatic heterocycles. The molecular formula is C31H43N7O3. The van der Waals surface area contributed by atoms with E-state index in [1.54, 1.807) is 4.52 Å². The Hall–Kier alpha value is -3.05. The summed E-state index contributed by atoms with van der Waals surface area (Å²) in [4.78, 5) is 14.8. The molecule has 220 valence electrons. The number of anilines is 1. The van der Waals surface area contributed by atoms with E-state index in [2.05, 4.69) is 72.8 Å². The highest BCUT2D eigenvalue weighted by Gasteiger charge is 2.46. The lowest BCUT2D eigenvalue weighted by atomic mass is 9.76. The van der Waals surface area contributed by atoms with Crippen LogP contribution < -0.4 is 5.73 Å². The van der Waals surface area contributed by atoms with Crippen LogP contribution >= 0.6 is 0 Å². The molecule has 1 saturated heterocycles. The van der Waals surface area contributed by atoms with Crippen molar-refractivity contribution in [1.29, 1.82) is 0 Å². The molecule has 4 heterocycles. The molecule has 2 aliphatic rings.